The second kappa shape index (κ2) is 4.42. The van der Waals surface area contributed by atoms with Gasteiger partial charge in [0.15, 0.2) is 6.61 Å². The van der Waals surface area contributed by atoms with Gasteiger partial charge < -0.3 is 5.11 Å². The lowest BCUT2D eigenvalue weighted by Gasteiger charge is -2.04. The number of aromatic nitrogens is 1. The van der Waals surface area contributed by atoms with E-state index in [0.29, 0.717) is 5.69 Å². The van der Waals surface area contributed by atoms with Gasteiger partial charge in [0.05, 0.1) is 5.69 Å². The van der Waals surface area contributed by atoms with Crippen LogP contribution in [0.2, 0.25) is 0 Å². The topological polar surface area (TPSA) is 71.5 Å². The maximum Gasteiger partial charge on any atom is 0.332 e. The first-order valence-corrected chi connectivity index (χ1v) is 3.71. The van der Waals surface area contributed by atoms with E-state index in [1.54, 1.807) is 18.3 Å². The van der Waals surface area contributed by atoms with E-state index < -0.39 is 5.97 Å². The van der Waals surface area contributed by atoms with E-state index in [4.69, 9.17) is 5.11 Å². The average Bonchev–Trinajstić information content (AvgIpc) is 2.03. The van der Waals surface area contributed by atoms with Crippen molar-refractivity contribution in [2.45, 2.75) is 6.92 Å². The van der Waals surface area contributed by atoms with Crippen LogP contribution in [0, 0.1) is 6.92 Å². The largest absolute Gasteiger partial charge is 0.479 e. The highest BCUT2D eigenvalue weighted by molar-refractivity contribution is 5.68. The third-order valence-electron chi connectivity index (χ3n) is 1.28. The molecule has 0 aliphatic carbocycles. The van der Waals surface area contributed by atoms with Crippen LogP contribution in [0.25, 0.3) is 0 Å². The van der Waals surface area contributed by atoms with Crippen molar-refractivity contribution in [3.05, 3.63) is 24.0 Å². The SMILES string of the molecule is Cc1cc(NOCC(=O)O)ccn1. The molecule has 0 amide bonds. The molecule has 1 heterocycles. The summed E-state index contributed by atoms with van der Waals surface area (Å²) >= 11 is 0. The van der Waals surface area contributed by atoms with Crippen LogP contribution in [-0.2, 0) is 9.63 Å². The molecule has 1 aromatic heterocycles. The Morgan fingerprint density at radius 1 is 1.77 bits per heavy atom. The second-order valence-corrected chi connectivity index (χ2v) is 2.47. The summed E-state index contributed by atoms with van der Waals surface area (Å²) < 4.78 is 0. The van der Waals surface area contributed by atoms with Crippen molar-refractivity contribution in [2.75, 3.05) is 12.1 Å². The minimum absolute atomic E-state index is 0.374. The Hall–Kier alpha value is -1.62. The molecule has 0 radical (unpaired) electrons. The van der Waals surface area contributed by atoms with E-state index in [1.807, 2.05) is 6.92 Å². The lowest BCUT2D eigenvalue weighted by Crippen LogP contribution is -2.11. The first-order valence-electron chi connectivity index (χ1n) is 3.71. The van der Waals surface area contributed by atoms with Crippen molar-refractivity contribution < 1.29 is 14.7 Å². The summed E-state index contributed by atoms with van der Waals surface area (Å²) in [6, 6.07) is 3.44. The summed E-state index contributed by atoms with van der Waals surface area (Å²) in [5, 5.41) is 8.27. The quantitative estimate of drug-likeness (QED) is 0.674. The number of pyridine rings is 1. The highest BCUT2D eigenvalue weighted by Gasteiger charge is 1.96. The molecule has 0 fully saturated rings. The maximum atomic E-state index is 10.1. The van der Waals surface area contributed by atoms with E-state index in [-0.39, 0.29) is 6.61 Å². The normalized spacial score (nSPS) is 9.62. The lowest BCUT2D eigenvalue weighted by molar-refractivity contribution is -0.141. The standard InChI is InChI=1S/C8H10N2O3/c1-6-4-7(2-3-9-6)10-13-5-8(11)12/h2-4H,5H2,1H3,(H,9,10)(H,11,12). The first-order chi connectivity index (χ1) is 6.18. The number of anilines is 1. The third kappa shape index (κ3) is 3.53. The smallest absolute Gasteiger partial charge is 0.332 e. The van der Waals surface area contributed by atoms with Crippen LogP contribution < -0.4 is 5.48 Å². The molecule has 0 aliphatic heterocycles. The van der Waals surface area contributed by atoms with Gasteiger partial charge in [-0.15, -0.1) is 0 Å². The van der Waals surface area contributed by atoms with Crippen molar-refractivity contribution >= 4 is 11.7 Å². The Morgan fingerprint density at radius 2 is 2.54 bits per heavy atom. The number of carbonyl (C=O) groups is 1. The fraction of sp³-hybridized carbons (Fsp3) is 0.250. The molecule has 13 heavy (non-hydrogen) atoms. The van der Waals surface area contributed by atoms with Gasteiger partial charge in [-0.25, -0.2) is 4.79 Å². The van der Waals surface area contributed by atoms with Crippen LogP contribution in [0.15, 0.2) is 18.3 Å². The minimum atomic E-state index is -1.02. The maximum absolute atomic E-state index is 10.1. The molecule has 5 nitrogen and oxygen atoms in total. The molecule has 0 saturated heterocycles. The summed E-state index contributed by atoms with van der Waals surface area (Å²) in [4.78, 5) is 18.7. The van der Waals surface area contributed by atoms with Gasteiger partial charge in [-0.1, -0.05) is 0 Å². The summed E-state index contributed by atoms with van der Waals surface area (Å²) in [6.45, 7) is 1.46. The monoisotopic (exact) mass is 182 g/mol. The van der Waals surface area contributed by atoms with Crippen LogP contribution in [0.4, 0.5) is 5.69 Å². The van der Waals surface area contributed by atoms with Gasteiger partial charge in [-0.3, -0.25) is 15.3 Å². The van der Waals surface area contributed by atoms with E-state index in [0.717, 1.165) is 5.69 Å². The van der Waals surface area contributed by atoms with Crippen LogP contribution in [0.5, 0.6) is 0 Å². The van der Waals surface area contributed by atoms with Gasteiger partial charge in [0.25, 0.3) is 0 Å². The molecule has 0 bridgehead atoms. The zero-order valence-electron chi connectivity index (χ0n) is 7.15. The van der Waals surface area contributed by atoms with E-state index >= 15 is 0 Å². The summed E-state index contributed by atoms with van der Waals surface area (Å²) in [6.07, 6.45) is 1.61. The second-order valence-electron chi connectivity index (χ2n) is 2.47. The summed E-state index contributed by atoms with van der Waals surface area (Å²) in [5.41, 5.74) is 4.02. The third-order valence-corrected chi connectivity index (χ3v) is 1.28. The van der Waals surface area contributed by atoms with Gasteiger partial charge >= 0.3 is 5.97 Å². The first kappa shape index (κ1) is 9.47. The Kier molecular flexibility index (Phi) is 3.22. The number of aryl methyl sites for hydroxylation is 1. The molecule has 5 heteroatoms. The Bertz CT molecular complexity index is 301. The molecular weight excluding hydrogens is 172 g/mol. The van der Waals surface area contributed by atoms with Gasteiger partial charge in [-0.2, -0.15) is 0 Å². The van der Waals surface area contributed by atoms with Crippen molar-refractivity contribution in [3.8, 4) is 0 Å². The molecule has 0 unspecified atom stereocenters. The number of nitrogens with zero attached hydrogens (tertiary/aromatic N) is 1. The Balaban J connectivity index is 2.41. The molecule has 0 aliphatic rings. The molecule has 0 aromatic carbocycles. The van der Waals surface area contributed by atoms with Gasteiger partial charge in [0.1, 0.15) is 0 Å². The van der Waals surface area contributed by atoms with Crippen molar-refractivity contribution in [1.29, 1.82) is 0 Å². The average molecular weight is 182 g/mol. The van der Waals surface area contributed by atoms with E-state index in [1.165, 1.54) is 0 Å². The molecule has 0 saturated carbocycles. The number of hydrogen-bond donors (Lipinski definition) is 2. The van der Waals surface area contributed by atoms with Gasteiger partial charge in [-0.05, 0) is 19.1 Å². The number of hydrogen-bond acceptors (Lipinski definition) is 4. The Labute approximate surface area is 75.3 Å². The van der Waals surface area contributed by atoms with Crippen LogP contribution in [-0.4, -0.2) is 22.7 Å². The van der Waals surface area contributed by atoms with E-state index in [2.05, 4.69) is 15.3 Å². The number of rotatable bonds is 4. The highest BCUT2D eigenvalue weighted by atomic mass is 16.7. The number of nitrogens with one attached hydrogen (secondary N) is 1. The van der Waals surface area contributed by atoms with Gasteiger partial charge in [0.2, 0.25) is 0 Å². The van der Waals surface area contributed by atoms with Crippen molar-refractivity contribution in [3.63, 3.8) is 0 Å². The molecule has 0 atom stereocenters. The molecule has 1 aromatic rings. The van der Waals surface area contributed by atoms with Gasteiger partial charge in [0, 0.05) is 11.9 Å². The molecule has 0 spiro atoms. The molecule has 70 valence electrons. The van der Waals surface area contributed by atoms with E-state index in [9.17, 15) is 4.79 Å². The number of aliphatic carboxylic acids is 1. The molecular formula is C8H10N2O3. The summed E-state index contributed by atoms with van der Waals surface area (Å²) in [5.74, 6) is -1.02. The Morgan fingerprint density at radius 3 is 3.15 bits per heavy atom. The van der Waals surface area contributed by atoms with Crippen molar-refractivity contribution in [2.24, 2.45) is 0 Å². The van der Waals surface area contributed by atoms with Crippen LogP contribution in [0.3, 0.4) is 0 Å². The zero-order valence-corrected chi connectivity index (χ0v) is 7.15. The van der Waals surface area contributed by atoms with Crippen molar-refractivity contribution in [1.82, 2.24) is 4.98 Å². The minimum Gasteiger partial charge on any atom is -0.479 e. The van der Waals surface area contributed by atoms with Crippen LogP contribution >= 0.6 is 0 Å². The predicted octanol–water partition coefficient (Wildman–Crippen LogP) is 0.818. The fourth-order valence-electron chi connectivity index (χ4n) is 0.790. The number of carboxylic acid groups (broad SMARTS) is 1. The number of carboxylic acids is 1. The highest BCUT2D eigenvalue weighted by Crippen LogP contribution is 2.06. The zero-order chi connectivity index (χ0) is 9.68. The summed E-state index contributed by atoms with van der Waals surface area (Å²) in [7, 11) is 0. The van der Waals surface area contributed by atoms with Crippen LogP contribution in [0.1, 0.15) is 5.69 Å². The fourth-order valence-corrected chi connectivity index (χ4v) is 0.790. The molecule has 1 rings (SSSR count). The predicted molar refractivity (Wildman–Crippen MR) is 46.2 cm³/mol. The molecule has 2 N–H and O–H groups in total. The lowest BCUT2D eigenvalue weighted by atomic mass is 10.3.